The average molecular weight is 229 g/mol. The van der Waals surface area contributed by atoms with Crippen LogP contribution in [0.25, 0.3) is 0 Å². The molecule has 0 saturated carbocycles. The lowest BCUT2D eigenvalue weighted by molar-refractivity contribution is 0.000416. The first-order valence-electron chi connectivity index (χ1n) is 5.00. The zero-order valence-electron chi connectivity index (χ0n) is 9.33. The zero-order valence-corrected chi connectivity index (χ0v) is 10.1. The summed E-state index contributed by atoms with van der Waals surface area (Å²) in [7, 11) is 1.59. The van der Waals surface area contributed by atoms with Gasteiger partial charge in [0, 0.05) is 18.6 Å². The molecule has 0 aromatic heterocycles. The van der Waals surface area contributed by atoms with Crippen LogP contribution in [0.1, 0.15) is 18.1 Å². The van der Waals surface area contributed by atoms with Crippen LogP contribution in [0.15, 0.2) is 18.2 Å². The number of benzene rings is 1. The largest absolute Gasteiger partial charge is 0.390 e. The van der Waals surface area contributed by atoms with Gasteiger partial charge in [-0.25, -0.2) is 0 Å². The van der Waals surface area contributed by atoms with Gasteiger partial charge >= 0.3 is 0 Å². The Kier molecular flexibility index (Phi) is 4.58. The van der Waals surface area contributed by atoms with Gasteiger partial charge in [0.15, 0.2) is 0 Å². The van der Waals surface area contributed by atoms with Crippen molar-refractivity contribution in [1.82, 2.24) is 0 Å². The van der Waals surface area contributed by atoms with Crippen LogP contribution in [0.5, 0.6) is 0 Å². The molecule has 0 aliphatic heterocycles. The average Bonchev–Trinajstić information content (AvgIpc) is 2.20. The normalized spacial score (nSPS) is 15.0. The molecule has 2 atom stereocenters. The molecule has 1 rings (SSSR count). The SMILES string of the molecule is COC(C)C(O)Cc1ccc(C)cc1Cl. The highest BCUT2D eigenvalue weighted by molar-refractivity contribution is 6.31. The summed E-state index contributed by atoms with van der Waals surface area (Å²) < 4.78 is 5.05. The van der Waals surface area contributed by atoms with E-state index in [2.05, 4.69) is 0 Å². The van der Waals surface area contributed by atoms with E-state index in [1.807, 2.05) is 32.0 Å². The summed E-state index contributed by atoms with van der Waals surface area (Å²) in [6.45, 7) is 3.83. The Balaban J connectivity index is 2.72. The number of hydrogen-bond donors (Lipinski definition) is 1. The van der Waals surface area contributed by atoms with E-state index in [9.17, 15) is 5.11 Å². The minimum atomic E-state index is -0.518. The van der Waals surface area contributed by atoms with Gasteiger partial charge < -0.3 is 9.84 Å². The van der Waals surface area contributed by atoms with Crippen molar-refractivity contribution >= 4 is 11.6 Å². The van der Waals surface area contributed by atoms with E-state index in [4.69, 9.17) is 16.3 Å². The maximum absolute atomic E-state index is 9.78. The van der Waals surface area contributed by atoms with Crippen molar-refractivity contribution in [1.29, 1.82) is 0 Å². The van der Waals surface area contributed by atoms with Gasteiger partial charge in [0.05, 0.1) is 12.2 Å². The lowest BCUT2D eigenvalue weighted by atomic mass is 10.0. The van der Waals surface area contributed by atoms with E-state index in [0.29, 0.717) is 11.4 Å². The Bertz CT molecular complexity index is 325. The fraction of sp³-hybridized carbons (Fsp3) is 0.500. The molecule has 15 heavy (non-hydrogen) atoms. The molecular formula is C12H17ClO2. The standard InChI is InChI=1S/C12H17ClO2/c1-8-4-5-10(11(13)6-8)7-12(14)9(2)15-3/h4-6,9,12,14H,7H2,1-3H3. The molecule has 0 fully saturated rings. The summed E-state index contributed by atoms with van der Waals surface area (Å²) in [5.41, 5.74) is 2.08. The molecule has 0 radical (unpaired) electrons. The van der Waals surface area contributed by atoms with Crippen LogP contribution in [-0.4, -0.2) is 24.4 Å². The number of halogens is 1. The van der Waals surface area contributed by atoms with Gasteiger partial charge in [-0.15, -0.1) is 0 Å². The summed E-state index contributed by atoms with van der Waals surface area (Å²) in [5.74, 6) is 0. The first kappa shape index (κ1) is 12.5. The molecule has 0 heterocycles. The first-order valence-corrected chi connectivity index (χ1v) is 5.38. The fourth-order valence-electron chi connectivity index (χ4n) is 1.37. The van der Waals surface area contributed by atoms with Crippen molar-refractivity contribution in [3.63, 3.8) is 0 Å². The number of aliphatic hydroxyl groups is 1. The molecule has 3 heteroatoms. The van der Waals surface area contributed by atoms with Crippen molar-refractivity contribution in [3.05, 3.63) is 34.3 Å². The third-order valence-electron chi connectivity index (χ3n) is 2.55. The zero-order chi connectivity index (χ0) is 11.4. The quantitative estimate of drug-likeness (QED) is 0.859. The van der Waals surface area contributed by atoms with Crippen LogP contribution < -0.4 is 0 Å². The molecule has 0 spiro atoms. The Labute approximate surface area is 95.8 Å². The summed E-state index contributed by atoms with van der Waals surface area (Å²) in [4.78, 5) is 0. The molecule has 2 unspecified atom stereocenters. The number of aryl methyl sites for hydroxylation is 1. The molecule has 0 aliphatic carbocycles. The van der Waals surface area contributed by atoms with Crippen LogP contribution in [0.2, 0.25) is 5.02 Å². The molecule has 1 N–H and O–H groups in total. The van der Waals surface area contributed by atoms with Gasteiger partial charge in [-0.1, -0.05) is 23.7 Å². The highest BCUT2D eigenvalue weighted by Gasteiger charge is 2.15. The number of ether oxygens (including phenoxy) is 1. The van der Waals surface area contributed by atoms with Crippen LogP contribution in [0.4, 0.5) is 0 Å². The van der Waals surface area contributed by atoms with Crippen molar-refractivity contribution in [2.24, 2.45) is 0 Å². The second kappa shape index (κ2) is 5.50. The van der Waals surface area contributed by atoms with Gasteiger partial charge in [0.1, 0.15) is 0 Å². The van der Waals surface area contributed by atoms with Crippen LogP contribution in [0.3, 0.4) is 0 Å². The molecular weight excluding hydrogens is 212 g/mol. The molecule has 84 valence electrons. The summed E-state index contributed by atoms with van der Waals surface area (Å²) >= 11 is 6.07. The Morgan fingerprint density at radius 3 is 2.67 bits per heavy atom. The van der Waals surface area contributed by atoms with E-state index >= 15 is 0 Å². The van der Waals surface area contributed by atoms with E-state index in [0.717, 1.165) is 11.1 Å². The highest BCUT2D eigenvalue weighted by atomic mass is 35.5. The van der Waals surface area contributed by atoms with E-state index in [1.165, 1.54) is 0 Å². The van der Waals surface area contributed by atoms with Gasteiger partial charge in [-0.2, -0.15) is 0 Å². The topological polar surface area (TPSA) is 29.5 Å². The maximum Gasteiger partial charge on any atom is 0.0839 e. The van der Waals surface area contributed by atoms with Crippen molar-refractivity contribution in [2.75, 3.05) is 7.11 Å². The van der Waals surface area contributed by atoms with Crippen molar-refractivity contribution < 1.29 is 9.84 Å². The Morgan fingerprint density at radius 1 is 1.47 bits per heavy atom. The summed E-state index contributed by atoms with van der Waals surface area (Å²) in [5, 5.41) is 10.5. The van der Waals surface area contributed by atoms with Crippen LogP contribution >= 0.6 is 11.6 Å². The number of aliphatic hydroxyl groups excluding tert-OH is 1. The third-order valence-corrected chi connectivity index (χ3v) is 2.90. The summed E-state index contributed by atoms with van der Waals surface area (Å²) in [6, 6.07) is 5.84. The van der Waals surface area contributed by atoms with Crippen LogP contribution in [-0.2, 0) is 11.2 Å². The van der Waals surface area contributed by atoms with Gasteiger partial charge in [0.25, 0.3) is 0 Å². The minimum absolute atomic E-state index is 0.178. The van der Waals surface area contributed by atoms with E-state index in [-0.39, 0.29) is 6.10 Å². The number of hydrogen-bond acceptors (Lipinski definition) is 2. The predicted octanol–water partition coefficient (Wildman–Crippen LogP) is 2.59. The second-order valence-electron chi connectivity index (χ2n) is 3.81. The molecule has 0 amide bonds. The lowest BCUT2D eigenvalue weighted by Gasteiger charge is -2.17. The van der Waals surface area contributed by atoms with Gasteiger partial charge in [0.2, 0.25) is 0 Å². The maximum atomic E-state index is 9.78. The predicted molar refractivity (Wildman–Crippen MR) is 62.4 cm³/mol. The summed E-state index contributed by atoms with van der Waals surface area (Å²) in [6.07, 6.45) is -0.175. The molecule has 1 aromatic carbocycles. The second-order valence-corrected chi connectivity index (χ2v) is 4.21. The molecule has 0 saturated heterocycles. The Hall–Kier alpha value is -0.570. The molecule has 0 bridgehead atoms. The number of methoxy groups -OCH3 is 1. The van der Waals surface area contributed by atoms with Gasteiger partial charge in [-0.3, -0.25) is 0 Å². The monoisotopic (exact) mass is 228 g/mol. The fourth-order valence-corrected chi connectivity index (χ4v) is 1.68. The highest BCUT2D eigenvalue weighted by Crippen LogP contribution is 2.20. The molecule has 1 aromatic rings. The lowest BCUT2D eigenvalue weighted by Crippen LogP contribution is -2.27. The van der Waals surface area contributed by atoms with Crippen molar-refractivity contribution in [2.45, 2.75) is 32.5 Å². The molecule has 0 aliphatic rings. The number of rotatable bonds is 4. The smallest absolute Gasteiger partial charge is 0.0839 e. The van der Waals surface area contributed by atoms with Crippen LogP contribution in [0, 0.1) is 6.92 Å². The third kappa shape index (κ3) is 3.49. The van der Waals surface area contributed by atoms with Crippen molar-refractivity contribution in [3.8, 4) is 0 Å². The van der Waals surface area contributed by atoms with E-state index < -0.39 is 6.10 Å². The first-order chi connectivity index (χ1) is 7.04. The Morgan fingerprint density at radius 2 is 2.13 bits per heavy atom. The molecule has 2 nitrogen and oxygen atoms in total. The van der Waals surface area contributed by atoms with Gasteiger partial charge in [-0.05, 0) is 31.0 Å². The minimum Gasteiger partial charge on any atom is -0.390 e. The van der Waals surface area contributed by atoms with E-state index in [1.54, 1.807) is 7.11 Å².